The minimum absolute atomic E-state index is 0.258. The first kappa shape index (κ1) is 32.4. The van der Waals surface area contributed by atoms with Crippen molar-refractivity contribution in [3.63, 3.8) is 0 Å². The van der Waals surface area contributed by atoms with Gasteiger partial charge >= 0.3 is 5.97 Å². The van der Waals surface area contributed by atoms with Crippen LogP contribution in [0.1, 0.15) is 63.0 Å². The zero-order chi connectivity index (χ0) is 33.9. The number of fused-ring (bicyclic) bond motifs is 1. The van der Waals surface area contributed by atoms with Gasteiger partial charge in [0.25, 0.3) is 0 Å². The number of nitrogens with zero attached hydrogens (tertiary/aromatic N) is 3. The van der Waals surface area contributed by atoms with Gasteiger partial charge in [-0.3, -0.25) is 14.5 Å². The van der Waals surface area contributed by atoms with E-state index in [2.05, 4.69) is 60.1 Å². The lowest BCUT2D eigenvalue weighted by Crippen LogP contribution is -2.44. The lowest BCUT2D eigenvalue weighted by molar-refractivity contribution is -0.144. The van der Waals surface area contributed by atoms with Crippen LogP contribution in [0.4, 0.5) is 5.69 Å². The number of likely N-dealkylation sites (tertiary alicyclic amines) is 1. The highest BCUT2D eigenvalue weighted by molar-refractivity contribution is 5.94. The molecule has 0 radical (unpaired) electrons. The Morgan fingerprint density at radius 1 is 1.02 bits per heavy atom. The van der Waals surface area contributed by atoms with Crippen molar-refractivity contribution in [1.29, 1.82) is 0 Å². The average molecular weight is 640 g/mol. The molecule has 6 rings (SSSR count). The molecule has 0 spiro atoms. The van der Waals surface area contributed by atoms with Crippen LogP contribution < -0.4 is 4.74 Å². The molecule has 4 aromatic carbocycles. The highest BCUT2D eigenvalue weighted by atomic mass is 16.5. The van der Waals surface area contributed by atoms with E-state index < -0.39 is 12.0 Å². The summed E-state index contributed by atoms with van der Waals surface area (Å²) in [6.07, 6.45) is 7.52. The zero-order valence-electron chi connectivity index (χ0n) is 27.5. The Balaban J connectivity index is 1.30. The van der Waals surface area contributed by atoms with Gasteiger partial charge in [-0.05, 0) is 103 Å². The second-order valence-electron chi connectivity index (χ2n) is 12.3. The molecule has 1 aliphatic rings. The van der Waals surface area contributed by atoms with Crippen molar-refractivity contribution in [3.8, 4) is 28.3 Å². The molecule has 1 saturated heterocycles. The second-order valence-corrected chi connectivity index (χ2v) is 12.3. The van der Waals surface area contributed by atoms with Gasteiger partial charge in [0.15, 0.2) is 5.58 Å². The normalized spacial score (nSPS) is 15.1. The minimum Gasteiger partial charge on any atom is -0.496 e. The number of oxazole rings is 1. The van der Waals surface area contributed by atoms with E-state index in [0.717, 1.165) is 75.2 Å². The Hall–Kier alpha value is -5.52. The number of carbonyl (C=O) groups is 2. The van der Waals surface area contributed by atoms with E-state index in [1.165, 1.54) is 6.07 Å². The topological polar surface area (TPSA) is 97.2 Å². The maximum absolute atomic E-state index is 11.9. The number of carboxylic acid groups (broad SMARTS) is 1. The van der Waals surface area contributed by atoms with E-state index in [1.54, 1.807) is 13.2 Å². The highest BCUT2D eigenvalue weighted by Crippen LogP contribution is 2.38. The van der Waals surface area contributed by atoms with Crippen molar-refractivity contribution in [2.45, 2.75) is 52.6 Å². The monoisotopic (exact) mass is 639 g/mol. The molecule has 0 saturated carbocycles. The number of rotatable bonds is 9. The summed E-state index contributed by atoms with van der Waals surface area (Å²) >= 11 is 0. The van der Waals surface area contributed by atoms with E-state index in [-0.39, 0.29) is 5.69 Å². The van der Waals surface area contributed by atoms with Crippen molar-refractivity contribution in [1.82, 2.24) is 9.88 Å². The number of hydrogen-bond donors (Lipinski definition) is 1. The molecule has 0 unspecified atom stereocenters. The fourth-order valence-corrected chi connectivity index (χ4v) is 6.70. The van der Waals surface area contributed by atoms with Gasteiger partial charge in [-0.15, -0.1) is 0 Å². The Bertz CT molecular complexity index is 2120. The second kappa shape index (κ2) is 13.7. The van der Waals surface area contributed by atoms with Crippen LogP contribution in [-0.2, 0) is 11.3 Å². The van der Waals surface area contributed by atoms with Crippen molar-refractivity contribution >= 4 is 41.2 Å². The molecule has 5 aromatic rings. The molecule has 1 N–H and O–H groups in total. The molecule has 8 heteroatoms. The SMILES string of the molecule is [C-]#[N+]c1cc(C=O)cc2nc(-c3cccc(-c4cccc(/C=C/c5cc(OC)c(CN6CCCC[C@H]6C(=O)O)cc5C)c4C)c3C)oc12. The molecule has 242 valence electrons. The maximum Gasteiger partial charge on any atom is 0.320 e. The zero-order valence-corrected chi connectivity index (χ0v) is 27.5. The molecule has 8 nitrogen and oxygen atoms in total. The number of ether oxygens (including phenoxy) is 1. The van der Waals surface area contributed by atoms with Gasteiger partial charge in [-0.25, -0.2) is 9.83 Å². The summed E-state index contributed by atoms with van der Waals surface area (Å²) in [5.41, 5.74) is 10.7. The number of carbonyl (C=O) groups excluding carboxylic acids is 1. The molecule has 0 amide bonds. The van der Waals surface area contributed by atoms with Crippen LogP contribution in [0.2, 0.25) is 0 Å². The predicted octanol–water partition coefficient (Wildman–Crippen LogP) is 9.07. The van der Waals surface area contributed by atoms with E-state index >= 15 is 0 Å². The average Bonchev–Trinajstić information content (AvgIpc) is 3.52. The van der Waals surface area contributed by atoms with Gasteiger partial charge in [-0.2, -0.15) is 0 Å². The quantitative estimate of drug-likeness (QED) is 0.0976. The van der Waals surface area contributed by atoms with E-state index in [1.807, 2.05) is 36.1 Å². The summed E-state index contributed by atoms with van der Waals surface area (Å²) in [7, 11) is 1.66. The number of aldehydes is 1. The van der Waals surface area contributed by atoms with Gasteiger partial charge < -0.3 is 14.3 Å². The number of aromatic nitrogens is 1. The first-order chi connectivity index (χ1) is 23.2. The molecule has 0 bridgehead atoms. The molecule has 2 heterocycles. The molecule has 1 aromatic heterocycles. The molecule has 48 heavy (non-hydrogen) atoms. The fourth-order valence-electron chi connectivity index (χ4n) is 6.70. The summed E-state index contributed by atoms with van der Waals surface area (Å²) in [6.45, 7) is 15.0. The maximum atomic E-state index is 11.9. The van der Waals surface area contributed by atoms with Gasteiger partial charge in [-0.1, -0.05) is 55.0 Å². The molecular weight excluding hydrogens is 602 g/mol. The predicted molar refractivity (Wildman–Crippen MR) is 188 cm³/mol. The number of benzene rings is 4. The number of aliphatic carboxylic acids is 1. The first-order valence-electron chi connectivity index (χ1n) is 16.0. The lowest BCUT2D eigenvalue weighted by Gasteiger charge is -2.33. The van der Waals surface area contributed by atoms with Crippen molar-refractivity contribution in [2.75, 3.05) is 13.7 Å². The smallest absolute Gasteiger partial charge is 0.320 e. The number of aryl methyl sites for hydroxylation is 1. The molecule has 1 fully saturated rings. The number of hydrogen-bond acceptors (Lipinski definition) is 6. The number of methoxy groups -OCH3 is 1. The number of piperidine rings is 1. The fraction of sp³-hybridized carbons (Fsp3) is 0.250. The summed E-state index contributed by atoms with van der Waals surface area (Å²) in [6, 6.07) is 19.1. The van der Waals surface area contributed by atoms with Crippen LogP contribution in [0, 0.1) is 27.3 Å². The Morgan fingerprint density at radius 3 is 2.48 bits per heavy atom. The van der Waals surface area contributed by atoms with Crippen LogP contribution in [0.15, 0.2) is 65.1 Å². The lowest BCUT2D eigenvalue weighted by atomic mass is 9.91. The standard InChI is InChI=1S/C40H37N3O5/c1-24-18-30(22-43-17-7-6-14-36(43)40(45)46)37(47-5)21-29(24)16-15-28-10-8-11-31(25(28)2)32-12-9-13-33(26(32)3)39-42-35-20-27(23-44)19-34(41-4)38(35)48-39/h8-13,15-16,18-21,23,36H,6-7,14,17,22H2,1-3,5H3,(H,45,46)/b16-15+/t36-/m0/s1. The molecule has 0 aliphatic carbocycles. The van der Waals surface area contributed by atoms with Gasteiger partial charge in [0.2, 0.25) is 11.6 Å². The summed E-state index contributed by atoms with van der Waals surface area (Å²) < 4.78 is 11.9. The van der Waals surface area contributed by atoms with Crippen molar-refractivity contribution < 1.29 is 23.8 Å². The largest absolute Gasteiger partial charge is 0.496 e. The Kier molecular flexibility index (Phi) is 9.24. The Morgan fingerprint density at radius 2 is 1.75 bits per heavy atom. The minimum atomic E-state index is -0.764. The van der Waals surface area contributed by atoms with Crippen molar-refractivity contribution in [2.24, 2.45) is 0 Å². The summed E-state index contributed by atoms with van der Waals surface area (Å²) in [4.78, 5) is 33.5. The van der Waals surface area contributed by atoms with Crippen LogP contribution in [0.5, 0.6) is 5.75 Å². The summed E-state index contributed by atoms with van der Waals surface area (Å²) in [5, 5.41) is 9.74. The summed E-state index contributed by atoms with van der Waals surface area (Å²) in [5.74, 6) is 0.385. The third-order valence-corrected chi connectivity index (χ3v) is 9.36. The van der Waals surface area contributed by atoms with Crippen LogP contribution >= 0.6 is 0 Å². The van der Waals surface area contributed by atoms with Crippen molar-refractivity contribution in [3.05, 3.63) is 111 Å². The Labute approximate surface area is 280 Å². The van der Waals surface area contributed by atoms with E-state index in [9.17, 15) is 14.7 Å². The third kappa shape index (κ3) is 6.25. The first-order valence-corrected chi connectivity index (χ1v) is 16.0. The third-order valence-electron chi connectivity index (χ3n) is 9.36. The molecular formula is C40H37N3O5. The van der Waals surface area contributed by atoms with Crippen LogP contribution in [0.3, 0.4) is 0 Å². The van der Waals surface area contributed by atoms with Gasteiger partial charge in [0.05, 0.1) is 19.2 Å². The van der Waals surface area contributed by atoms with Gasteiger partial charge in [0.1, 0.15) is 18.1 Å². The highest BCUT2D eigenvalue weighted by Gasteiger charge is 2.29. The number of carboxylic acids is 1. The van der Waals surface area contributed by atoms with E-state index in [4.69, 9.17) is 15.7 Å². The van der Waals surface area contributed by atoms with Crippen LogP contribution in [-0.4, -0.2) is 46.9 Å². The van der Waals surface area contributed by atoms with E-state index in [0.29, 0.717) is 41.8 Å². The van der Waals surface area contributed by atoms with Crippen LogP contribution in [0.25, 0.3) is 50.7 Å². The van der Waals surface area contributed by atoms with Gasteiger partial charge in [0, 0.05) is 23.2 Å². The molecule has 1 atom stereocenters. The molecule has 1 aliphatic heterocycles.